The summed E-state index contributed by atoms with van der Waals surface area (Å²) in [4.78, 5) is 15.9. The first-order valence-corrected chi connectivity index (χ1v) is 11.4. The van der Waals surface area contributed by atoms with Crippen molar-refractivity contribution >= 4 is 45.4 Å². The molecule has 0 fully saturated rings. The highest BCUT2D eigenvalue weighted by Gasteiger charge is 2.27. The number of aromatic nitrogens is 1. The van der Waals surface area contributed by atoms with E-state index >= 15 is 0 Å². The fourth-order valence-corrected chi connectivity index (χ4v) is 4.74. The lowest BCUT2D eigenvalue weighted by atomic mass is 9.90. The summed E-state index contributed by atoms with van der Waals surface area (Å²) in [5.74, 6) is -0.204. The van der Waals surface area contributed by atoms with Gasteiger partial charge in [-0.05, 0) is 48.2 Å². The first kappa shape index (κ1) is 22.4. The number of fused-ring (bicyclic) bond motifs is 1. The zero-order valence-electron chi connectivity index (χ0n) is 17.7. The zero-order valence-corrected chi connectivity index (χ0v) is 19.2. The molecule has 0 saturated carbocycles. The van der Waals surface area contributed by atoms with Crippen LogP contribution in [0.15, 0.2) is 47.0 Å². The number of carbonyl (C=O) groups excluding carboxylic acids is 1. The number of hydrogen-bond acceptors (Lipinski definition) is 7. The number of nitrogens with one attached hydrogen (secondary N) is 1. The minimum atomic E-state index is -0.204. The molecule has 1 aliphatic rings. The van der Waals surface area contributed by atoms with Gasteiger partial charge in [0.2, 0.25) is 11.0 Å². The monoisotopic (exact) mass is 470 g/mol. The van der Waals surface area contributed by atoms with Gasteiger partial charge in [-0.2, -0.15) is 5.10 Å². The molecule has 1 aliphatic heterocycles. The molecular formula is C23H23ClN4O3S. The van der Waals surface area contributed by atoms with Crippen molar-refractivity contribution in [1.29, 1.82) is 0 Å². The molecule has 2 aromatic carbocycles. The first-order chi connectivity index (χ1) is 15.4. The summed E-state index contributed by atoms with van der Waals surface area (Å²) in [6.07, 6.45) is 2.42. The van der Waals surface area contributed by atoms with Gasteiger partial charge in [0.05, 0.1) is 35.7 Å². The molecular weight excluding hydrogens is 448 g/mol. The Hall–Kier alpha value is -2.78. The number of anilines is 2. The molecule has 32 heavy (non-hydrogen) atoms. The largest absolute Gasteiger partial charge is 0.392 e. The highest BCUT2D eigenvalue weighted by molar-refractivity contribution is 7.13. The van der Waals surface area contributed by atoms with Gasteiger partial charge in [0.1, 0.15) is 0 Å². The molecule has 4 rings (SSSR count). The molecule has 1 atom stereocenters. The Bertz CT molecular complexity index is 1180. The van der Waals surface area contributed by atoms with Crippen LogP contribution in [-0.2, 0) is 24.4 Å². The molecule has 0 radical (unpaired) electrons. The number of benzene rings is 2. The van der Waals surface area contributed by atoms with E-state index in [-0.39, 0.29) is 25.2 Å². The maximum Gasteiger partial charge on any atom is 0.221 e. The number of rotatable bonds is 5. The Morgan fingerprint density at radius 3 is 2.62 bits per heavy atom. The quantitative estimate of drug-likeness (QED) is 0.524. The number of halogens is 1. The van der Waals surface area contributed by atoms with Crippen molar-refractivity contribution < 1.29 is 15.0 Å². The van der Waals surface area contributed by atoms with Gasteiger partial charge >= 0.3 is 0 Å². The van der Waals surface area contributed by atoms with Crippen LogP contribution in [0.2, 0.25) is 5.02 Å². The molecule has 1 amide bonds. The minimum absolute atomic E-state index is 0.0121. The third-order valence-electron chi connectivity index (χ3n) is 5.33. The van der Waals surface area contributed by atoms with Crippen molar-refractivity contribution in [3.63, 3.8) is 0 Å². The summed E-state index contributed by atoms with van der Waals surface area (Å²) in [6, 6.07) is 9.20. The smallest absolute Gasteiger partial charge is 0.221 e. The predicted octanol–water partition coefficient (Wildman–Crippen LogP) is 3.94. The molecule has 166 valence electrons. The highest BCUT2D eigenvalue weighted by atomic mass is 35.5. The lowest BCUT2D eigenvalue weighted by Gasteiger charge is -2.22. The summed E-state index contributed by atoms with van der Waals surface area (Å²) < 4.78 is 0. The highest BCUT2D eigenvalue weighted by Crippen LogP contribution is 2.32. The van der Waals surface area contributed by atoms with E-state index in [9.17, 15) is 15.0 Å². The molecule has 0 aliphatic carbocycles. The second-order valence-corrected chi connectivity index (χ2v) is 8.91. The van der Waals surface area contributed by atoms with E-state index in [1.807, 2.05) is 28.6 Å². The van der Waals surface area contributed by atoms with Crippen LogP contribution in [0.25, 0.3) is 0 Å². The molecule has 3 aromatic rings. The van der Waals surface area contributed by atoms with Gasteiger partial charge in [-0.15, -0.1) is 11.3 Å². The third kappa shape index (κ3) is 4.40. The molecule has 2 heterocycles. The average Bonchev–Trinajstić information content (AvgIpc) is 3.25. The fourth-order valence-electron chi connectivity index (χ4n) is 3.82. The van der Waals surface area contributed by atoms with Crippen molar-refractivity contribution in [1.82, 2.24) is 4.98 Å². The SMILES string of the molecule is CC(=O)Nc1ccc(C2=NN(c3nccs3)[C@H](C)Cc3cc(CO)c(CO)cc32)cc1Cl. The average molecular weight is 471 g/mol. The second-order valence-electron chi connectivity index (χ2n) is 7.63. The number of nitrogens with zero attached hydrogens (tertiary/aromatic N) is 3. The van der Waals surface area contributed by atoms with E-state index in [2.05, 4.69) is 17.2 Å². The number of hydrazone groups is 1. The number of amides is 1. The van der Waals surface area contributed by atoms with Crippen LogP contribution < -0.4 is 10.3 Å². The molecule has 7 nitrogen and oxygen atoms in total. The Labute approximate surface area is 195 Å². The molecule has 1 aromatic heterocycles. The molecule has 0 saturated heterocycles. The maximum atomic E-state index is 11.5. The molecule has 0 bridgehead atoms. The predicted molar refractivity (Wildman–Crippen MR) is 127 cm³/mol. The number of thiazole rings is 1. The maximum absolute atomic E-state index is 11.5. The standard InChI is InChI=1S/C23H23ClN4O3S/c1-13-7-16-8-17(11-29)18(12-30)9-19(16)22(27-28(13)23-25-5-6-32-23)15-3-4-21(20(24)10-15)26-14(2)31/h3-6,8-10,13,29-30H,7,11-12H2,1-2H3,(H,26,31)/t13-/m1/s1. The van der Waals surface area contributed by atoms with E-state index in [4.69, 9.17) is 16.7 Å². The van der Waals surface area contributed by atoms with Crippen LogP contribution in [0.5, 0.6) is 0 Å². The number of carbonyl (C=O) groups is 1. The Morgan fingerprint density at radius 1 is 1.25 bits per heavy atom. The van der Waals surface area contributed by atoms with Crippen LogP contribution >= 0.6 is 22.9 Å². The molecule has 0 unspecified atom stereocenters. The van der Waals surface area contributed by atoms with Crippen molar-refractivity contribution in [3.8, 4) is 0 Å². The van der Waals surface area contributed by atoms with Crippen molar-refractivity contribution in [2.75, 3.05) is 10.3 Å². The summed E-state index contributed by atoms with van der Waals surface area (Å²) in [6.45, 7) is 3.16. The van der Waals surface area contributed by atoms with E-state index in [1.165, 1.54) is 18.3 Å². The van der Waals surface area contributed by atoms with Gasteiger partial charge in [0.25, 0.3) is 0 Å². The van der Waals surface area contributed by atoms with E-state index in [0.717, 1.165) is 21.8 Å². The van der Waals surface area contributed by atoms with Crippen molar-refractivity contribution in [2.24, 2.45) is 5.10 Å². The van der Waals surface area contributed by atoms with Crippen LogP contribution in [0.3, 0.4) is 0 Å². The van der Waals surface area contributed by atoms with E-state index in [1.54, 1.807) is 18.3 Å². The van der Waals surface area contributed by atoms with Crippen molar-refractivity contribution in [2.45, 2.75) is 39.5 Å². The molecule has 0 spiro atoms. The Balaban J connectivity index is 1.91. The minimum Gasteiger partial charge on any atom is -0.392 e. The summed E-state index contributed by atoms with van der Waals surface area (Å²) >= 11 is 7.97. The lowest BCUT2D eigenvalue weighted by molar-refractivity contribution is -0.114. The Morgan fingerprint density at radius 2 is 2.00 bits per heavy atom. The van der Waals surface area contributed by atoms with E-state index < -0.39 is 0 Å². The summed E-state index contributed by atoms with van der Waals surface area (Å²) in [5.41, 5.74) is 5.18. The van der Waals surface area contributed by atoms with Crippen molar-refractivity contribution in [3.05, 3.63) is 74.7 Å². The van der Waals surface area contributed by atoms with Crippen LogP contribution in [-0.4, -0.2) is 32.9 Å². The van der Waals surface area contributed by atoms with Gasteiger partial charge in [0, 0.05) is 29.6 Å². The number of aliphatic hydroxyl groups is 2. The first-order valence-electron chi connectivity index (χ1n) is 10.1. The molecule has 3 N–H and O–H groups in total. The lowest BCUT2D eigenvalue weighted by Crippen LogP contribution is -2.29. The topological polar surface area (TPSA) is 98.1 Å². The number of hydrogen-bond donors (Lipinski definition) is 3. The third-order valence-corrected chi connectivity index (χ3v) is 6.40. The Kier molecular flexibility index (Phi) is 6.57. The van der Waals surface area contributed by atoms with Gasteiger partial charge < -0.3 is 15.5 Å². The van der Waals surface area contributed by atoms with Crippen LogP contribution in [0.1, 0.15) is 41.7 Å². The van der Waals surface area contributed by atoms with Gasteiger partial charge in [-0.3, -0.25) is 4.79 Å². The zero-order chi connectivity index (χ0) is 22.8. The fraction of sp³-hybridized carbons (Fsp3) is 0.261. The van der Waals surface area contributed by atoms with Gasteiger partial charge in [0.15, 0.2) is 0 Å². The number of aliphatic hydroxyl groups excluding tert-OH is 2. The van der Waals surface area contributed by atoms with Gasteiger partial charge in [-0.1, -0.05) is 23.7 Å². The van der Waals surface area contributed by atoms with Crippen LogP contribution in [0, 0.1) is 0 Å². The van der Waals surface area contributed by atoms with Gasteiger partial charge in [-0.25, -0.2) is 9.99 Å². The normalized spacial score (nSPS) is 15.7. The van der Waals surface area contributed by atoms with Crippen LogP contribution in [0.4, 0.5) is 10.8 Å². The molecule has 9 heteroatoms. The summed E-state index contributed by atoms with van der Waals surface area (Å²) in [7, 11) is 0. The second kappa shape index (κ2) is 9.38. The summed E-state index contributed by atoms with van der Waals surface area (Å²) in [5, 5.41) is 32.3. The van der Waals surface area contributed by atoms with E-state index in [0.29, 0.717) is 34.0 Å².